The molecule has 0 saturated carbocycles. The Morgan fingerprint density at radius 1 is 0.912 bits per heavy atom. The van der Waals surface area contributed by atoms with Crippen LogP contribution in [0.5, 0.6) is 5.75 Å². The minimum Gasteiger partial charge on any atom is -0.487 e. The fourth-order valence-electron chi connectivity index (χ4n) is 2.76. The van der Waals surface area contributed by atoms with E-state index >= 15 is 0 Å². The summed E-state index contributed by atoms with van der Waals surface area (Å²) < 4.78 is 15.9. The lowest BCUT2D eigenvalue weighted by atomic mass is 10.1. The quantitative estimate of drug-likeness (QED) is 0.507. The fraction of sp³-hybridized carbons (Fsp3) is 0.652. The van der Waals surface area contributed by atoms with Crippen LogP contribution in [0.15, 0.2) is 24.3 Å². The van der Waals surface area contributed by atoms with Gasteiger partial charge in [0.15, 0.2) is 0 Å². The summed E-state index contributed by atoms with van der Waals surface area (Å²) in [4.78, 5) is 36.0. The first kappa shape index (κ1) is 29.0. The third-order valence-electron chi connectivity index (χ3n) is 4.36. The van der Waals surface area contributed by atoms with E-state index in [1.165, 1.54) is 17.0 Å². The maximum absolute atomic E-state index is 11.7. The van der Waals surface area contributed by atoms with Crippen molar-refractivity contribution < 1.29 is 33.8 Å². The van der Waals surface area contributed by atoms with Crippen molar-refractivity contribution in [2.45, 2.75) is 72.4 Å². The van der Waals surface area contributed by atoms with Crippen molar-refractivity contribution in [1.29, 1.82) is 0 Å². The van der Waals surface area contributed by atoms with Crippen LogP contribution >= 0.6 is 0 Å². The van der Waals surface area contributed by atoms with Crippen molar-refractivity contribution in [3.8, 4) is 5.75 Å². The van der Waals surface area contributed by atoms with Gasteiger partial charge < -0.3 is 29.1 Å². The number of non-ortho nitro benzene ring substituents is 1. The van der Waals surface area contributed by atoms with Gasteiger partial charge in [-0.1, -0.05) is 7.43 Å². The second-order valence-electron chi connectivity index (χ2n) is 9.92. The highest BCUT2D eigenvalue weighted by Crippen LogP contribution is 2.22. The highest BCUT2D eigenvalue weighted by molar-refractivity contribution is 5.69. The second kappa shape index (κ2) is 11.4. The largest absolute Gasteiger partial charge is 0.487 e. The monoisotopic (exact) mass is 483 g/mol. The van der Waals surface area contributed by atoms with Crippen molar-refractivity contribution in [3.63, 3.8) is 0 Å². The Morgan fingerprint density at radius 2 is 1.32 bits per heavy atom. The first-order valence-electron chi connectivity index (χ1n) is 10.7. The first-order chi connectivity index (χ1) is 15.1. The van der Waals surface area contributed by atoms with Crippen molar-refractivity contribution in [3.05, 3.63) is 34.4 Å². The molecule has 11 heteroatoms. The Bertz CT molecular complexity index is 833. The molecule has 1 aromatic carbocycles. The number of carbonyl (C=O) groups is 2. The van der Waals surface area contributed by atoms with Crippen LogP contribution in [0.1, 0.15) is 49.0 Å². The number of nitrogens with zero attached hydrogens (tertiary/aromatic N) is 3. The molecule has 2 fully saturated rings. The number of nitro benzene ring substituents is 1. The molecule has 0 atom stereocenters. The normalized spacial score (nSPS) is 16.1. The van der Waals surface area contributed by atoms with Crippen LogP contribution in [0, 0.1) is 10.1 Å². The molecule has 2 aliphatic rings. The molecule has 2 saturated heterocycles. The van der Waals surface area contributed by atoms with Gasteiger partial charge in [-0.3, -0.25) is 10.1 Å². The zero-order chi connectivity index (χ0) is 25.0. The molecular weight excluding hydrogens is 446 g/mol. The highest BCUT2D eigenvalue weighted by Gasteiger charge is 2.35. The fourth-order valence-corrected chi connectivity index (χ4v) is 2.76. The molecule has 2 amide bonds. The summed E-state index contributed by atoms with van der Waals surface area (Å²) in [7, 11) is 0. The highest BCUT2D eigenvalue weighted by atomic mass is 16.6. The van der Waals surface area contributed by atoms with Crippen LogP contribution in [0.25, 0.3) is 0 Å². The van der Waals surface area contributed by atoms with Crippen LogP contribution in [0.3, 0.4) is 0 Å². The van der Waals surface area contributed by atoms with Crippen LogP contribution < -0.4 is 4.74 Å². The molecule has 2 aliphatic heterocycles. The average Bonchev–Trinajstić information content (AvgIpc) is 2.59. The van der Waals surface area contributed by atoms with E-state index < -0.39 is 16.1 Å². The number of benzene rings is 1. The number of aliphatic hydroxyl groups excluding tert-OH is 1. The van der Waals surface area contributed by atoms with E-state index in [4.69, 9.17) is 19.3 Å². The number of β-amino-alcohol motifs (C(OH)–C–C–N with tert-alkyl or cyclic N) is 1. The Labute approximate surface area is 200 Å². The van der Waals surface area contributed by atoms with E-state index in [2.05, 4.69) is 0 Å². The van der Waals surface area contributed by atoms with Gasteiger partial charge in [0, 0.05) is 12.1 Å². The lowest BCUT2D eigenvalue weighted by Gasteiger charge is -2.39. The molecule has 0 bridgehead atoms. The van der Waals surface area contributed by atoms with Crippen LogP contribution in [0.4, 0.5) is 15.3 Å². The number of likely N-dealkylation sites (tertiary alicyclic amines) is 2. The predicted molar refractivity (Wildman–Crippen MR) is 126 cm³/mol. The van der Waals surface area contributed by atoms with Crippen LogP contribution in [-0.2, 0) is 9.47 Å². The molecule has 0 unspecified atom stereocenters. The molecule has 0 aromatic heterocycles. The molecule has 2 heterocycles. The standard InChI is InChI=1S/C14H18N2O5.C8H15NO3.CH4/c1-14(2,3)21-13(17)15-8-12(9-15)20-11-6-4-10(5-7-11)16(18)19;1-8(2,3)12-7(11)9-4-6(10)5-9;/h4-7,12H,8-9H2,1-3H3;6,10H,4-5H2,1-3H3;1H4. The van der Waals surface area contributed by atoms with Crippen molar-refractivity contribution >= 4 is 17.9 Å². The minimum atomic E-state index is -0.513. The number of hydrogen-bond acceptors (Lipinski definition) is 8. The topological polar surface area (TPSA) is 132 Å². The Hall–Kier alpha value is -3.08. The van der Waals surface area contributed by atoms with E-state index in [0.29, 0.717) is 31.9 Å². The van der Waals surface area contributed by atoms with Crippen molar-refractivity contribution in [2.24, 2.45) is 0 Å². The van der Waals surface area contributed by atoms with Gasteiger partial charge in [-0.2, -0.15) is 0 Å². The number of hydrogen-bond donors (Lipinski definition) is 1. The Kier molecular flexibility index (Phi) is 9.68. The first-order valence-corrected chi connectivity index (χ1v) is 10.7. The van der Waals surface area contributed by atoms with E-state index in [1.54, 1.807) is 17.0 Å². The predicted octanol–water partition coefficient (Wildman–Crippen LogP) is 3.83. The second-order valence-corrected chi connectivity index (χ2v) is 9.92. The van der Waals surface area contributed by atoms with Gasteiger partial charge in [0.1, 0.15) is 23.1 Å². The van der Waals surface area contributed by atoms with Gasteiger partial charge in [-0.25, -0.2) is 9.59 Å². The van der Waals surface area contributed by atoms with E-state index in [0.717, 1.165) is 0 Å². The molecule has 192 valence electrons. The molecule has 0 spiro atoms. The molecule has 0 aliphatic carbocycles. The van der Waals surface area contributed by atoms with Gasteiger partial charge >= 0.3 is 12.2 Å². The Balaban J connectivity index is 0.000000380. The van der Waals surface area contributed by atoms with Gasteiger partial charge in [0.2, 0.25) is 0 Å². The zero-order valence-corrected chi connectivity index (χ0v) is 19.9. The third kappa shape index (κ3) is 9.42. The van der Waals surface area contributed by atoms with Crippen LogP contribution in [0.2, 0.25) is 0 Å². The molecule has 1 N–H and O–H groups in total. The smallest absolute Gasteiger partial charge is 0.410 e. The van der Waals surface area contributed by atoms with Crippen molar-refractivity contribution in [2.75, 3.05) is 26.2 Å². The molecule has 3 rings (SSSR count). The SMILES string of the molecule is C.CC(C)(C)OC(=O)N1CC(O)C1.CC(C)(C)OC(=O)N1CC(Oc2ccc([N+](=O)[O-])cc2)C1. The number of rotatable bonds is 3. The third-order valence-corrected chi connectivity index (χ3v) is 4.36. The lowest BCUT2D eigenvalue weighted by Crippen LogP contribution is -2.57. The summed E-state index contributed by atoms with van der Waals surface area (Å²) in [6.45, 7) is 12.6. The van der Waals surface area contributed by atoms with Gasteiger partial charge in [0.05, 0.1) is 37.2 Å². The summed E-state index contributed by atoms with van der Waals surface area (Å²) in [5.41, 5.74) is -0.940. The molecule has 1 aromatic rings. The summed E-state index contributed by atoms with van der Waals surface area (Å²) in [6, 6.07) is 5.88. The lowest BCUT2D eigenvalue weighted by molar-refractivity contribution is -0.384. The van der Waals surface area contributed by atoms with Gasteiger partial charge in [0.25, 0.3) is 5.69 Å². The number of aliphatic hydroxyl groups is 1. The molecule has 11 nitrogen and oxygen atoms in total. The molecule has 0 radical (unpaired) electrons. The summed E-state index contributed by atoms with van der Waals surface area (Å²) >= 11 is 0. The van der Waals surface area contributed by atoms with Gasteiger partial charge in [-0.15, -0.1) is 0 Å². The molecular formula is C23H37N3O8. The maximum atomic E-state index is 11.7. The number of nitro groups is 1. The number of ether oxygens (including phenoxy) is 3. The number of carbonyl (C=O) groups excluding carboxylic acids is 2. The van der Waals surface area contributed by atoms with E-state index in [1.807, 2.05) is 41.5 Å². The number of amides is 2. The van der Waals surface area contributed by atoms with Gasteiger partial charge in [-0.05, 0) is 53.7 Å². The maximum Gasteiger partial charge on any atom is 0.410 e. The van der Waals surface area contributed by atoms with E-state index in [-0.39, 0.29) is 37.5 Å². The average molecular weight is 484 g/mol. The van der Waals surface area contributed by atoms with E-state index in [9.17, 15) is 19.7 Å². The van der Waals surface area contributed by atoms with Crippen molar-refractivity contribution in [1.82, 2.24) is 9.80 Å². The summed E-state index contributed by atoms with van der Waals surface area (Å²) in [5, 5.41) is 19.5. The molecule has 34 heavy (non-hydrogen) atoms. The minimum absolute atomic E-state index is 0. The Morgan fingerprint density at radius 3 is 1.68 bits per heavy atom. The van der Waals surface area contributed by atoms with Crippen LogP contribution in [-0.4, -0.2) is 81.6 Å². The summed E-state index contributed by atoms with van der Waals surface area (Å²) in [6.07, 6.45) is -1.17. The zero-order valence-electron chi connectivity index (χ0n) is 19.9. The summed E-state index contributed by atoms with van der Waals surface area (Å²) in [5.74, 6) is 0.550.